The summed E-state index contributed by atoms with van der Waals surface area (Å²) in [5.41, 5.74) is 0. The summed E-state index contributed by atoms with van der Waals surface area (Å²) in [6.07, 6.45) is 9.24. The third kappa shape index (κ3) is 3.63. The molecule has 0 saturated heterocycles. The highest BCUT2D eigenvalue weighted by Crippen LogP contribution is 2.23. The van der Waals surface area contributed by atoms with Crippen LogP contribution in [0.25, 0.3) is 0 Å². The van der Waals surface area contributed by atoms with Gasteiger partial charge in [0.2, 0.25) is 5.88 Å². The summed E-state index contributed by atoms with van der Waals surface area (Å²) in [6.45, 7) is 0.821. The van der Waals surface area contributed by atoms with Gasteiger partial charge < -0.3 is 4.74 Å². The summed E-state index contributed by atoms with van der Waals surface area (Å²) in [5, 5.41) is 0. The zero-order valence-corrected chi connectivity index (χ0v) is 10.8. The zero-order valence-electron chi connectivity index (χ0n) is 8.66. The van der Waals surface area contributed by atoms with Crippen LogP contribution >= 0.6 is 22.6 Å². The Morgan fingerprint density at radius 2 is 2.13 bits per heavy atom. The highest BCUT2D eigenvalue weighted by Gasteiger charge is 2.14. The molecular formula is C12H15INO. The first-order chi connectivity index (χ1) is 7.34. The molecule has 1 aromatic heterocycles. The minimum atomic E-state index is 0.719. The van der Waals surface area contributed by atoms with Crippen LogP contribution in [0.2, 0.25) is 0 Å². The van der Waals surface area contributed by atoms with E-state index in [2.05, 4.69) is 34.0 Å². The van der Waals surface area contributed by atoms with E-state index in [-0.39, 0.29) is 0 Å². The van der Waals surface area contributed by atoms with E-state index in [1.54, 1.807) is 0 Å². The van der Waals surface area contributed by atoms with Crippen molar-refractivity contribution < 1.29 is 4.74 Å². The monoisotopic (exact) mass is 316 g/mol. The fraction of sp³-hybridized carbons (Fsp3) is 0.500. The second-order valence-corrected chi connectivity index (χ2v) is 5.18. The number of hydrogen-bond acceptors (Lipinski definition) is 2. The van der Waals surface area contributed by atoms with Crippen molar-refractivity contribution in [3.8, 4) is 5.88 Å². The summed E-state index contributed by atoms with van der Waals surface area (Å²) < 4.78 is 6.82. The largest absolute Gasteiger partial charge is 0.477 e. The van der Waals surface area contributed by atoms with Gasteiger partial charge in [-0.25, -0.2) is 4.98 Å². The lowest BCUT2D eigenvalue weighted by molar-refractivity contribution is 0.214. The number of aromatic nitrogens is 1. The second kappa shape index (κ2) is 5.68. The predicted octanol–water partition coefficient (Wildman–Crippen LogP) is 3.46. The van der Waals surface area contributed by atoms with Crippen molar-refractivity contribution in [1.82, 2.24) is 4.98 Å². The first-order valence-electron chi connectivity index (χ1n) is 5.40. The number of rotatable bonds is 3. The molecular weight excluding hydrogens is 301 g/mol. The summed E-state index contributed by atoms with van der Waals surface area (Å²) >= 11 is 2.25. The van der Waals surface area contributed by atoms with E-state index in [0.717, 1.165) is 22.0 Å². The molecule has 0 amide bonds. The Bertz CT molecular complexity index is 293. The van der Waals surface area contributed by atoms with Gasteiger partial charge in [0.25, 0.3) is 0 Å². The predicted molar refractivity (Wildman–Crippen MR) is 68.7 cm³/mol. The minimum absolute atomic E-state index is 0.719. The van der Waals surface area contributed by atoms with E-state index in [1.807, 2.05) is 18.3 Å². The van der Waals surface area contributed by atoms with Crippen LogP contribution in [0.5, 0.6) is 5.88 Å². The molecule has 3 heteroatoms. The van der Waals surface area contributed by atoms with E-state index in [9.17, 15) is 0 Å². The highest BCUT2D eigenvalue weighted by atomic mass is 127. The third-order valence-corrected chi connectivity index (χ3v) is 3.36. The van der Waals surface area contributed by atoms with Gasteiger partial charge in [0, 0.05) is 15.8 Å². The Hall–Kier alpha value is -0.320. The molecule has 0 bridgehead atoms. The number of hydrogen-bond donors (Lipinski definition) is 0. The standard InChI is InChI=1S/C12H15INO/c13-11-6-7-12(14-8-11)15-9-10-4-2-1-3-5-10/h1,6-8,10H,2-5,9H2. The molecule has 0 aliphatic heterocycles. The maximum Gasteiger partial charge on any atom is 0.213 e. The summed E-state index contributed by atoms with van der Waals surface area (Å²) in [5.74, 6) is 1.47. The average Bonchev–Trinajstić information content (AvgIpc) is 2.30. The van der Waals surface area contributed by atoms with E-state index >= 15 is 0 Å². The quantitative estimate of drug-likeness (QED) is 0.797. The molecule has 0 atom stereocenters. The van der Waals surface area contributed by atoms with Crippen molar-refractivity contribution in [1.29, 1.82) is 0 Å². The highest BCUT2D eigenvalue weighted by molar-refractivity contribution is 14.1. The van der Waals surface area contributed by atoms with Crippen LogP contribution in [0, 0.1) is 15.9 Å². The van der Waals surface area contributed by atoms with Crippen LogP contribution < -0.4 is 4.74 Å². The molecule has 1 aliphatic rings. The summed E-state index contributed by atoms with van der Waals surface area (Å²) in [7, 11) is 0. The Kier molecular flexibility index (Phi) is 4.23. The zero-order chi connectivity index (χ0) is 10.5. The van der Waals surface area contributed by atoms with Gasteiger partial charge in [-0.2, -0.15) is 0 Å². The van der Waals surface area contributed by atoms with Crippen LogP contribution in [-0.4, -0.2) is 11.6 Å². The molecule has 1 fully saturated rings. The van der Waals surface area contributed by atoms with E-state index in [0.29, 0.717) is 0 Å². The van der Waals surface area contributed by atoms with Crippen molar-refractivity contribution in [2.45, 2.75) is 25.7 Å². The number of pyridine rings is 1. The molecule has 2 nitrogen and oxygen atoms in total. The smallest absolute Gasteiger partial charge is 0.213 e. The van der Waals surface area contributed by atoms with Crippen molar-refractivity contribution in [3.63, 3.8) is 0 Å². The van der Waals surface area contributed by atoms with E-state index in [4.69, 9.17) is 4.74 Å². The molecule has 0 spiro atoms. The fourth-order valence-electron chi connectivity index (χ4n) is 1.81. The number of ether oxygens (including phenoxy) is 1. The van der Waals surface area contributed by atoms with Crippen LogP contribution in [0.3, 0.4) is 0 Å². The third-order valence-electron chi connectivity index (χ3n) is 2.73. The topological polar surface area (TPSA) is 22.1 Å². The Morgan fingerprint density at radius 3 is 2.80 bits per heavy atom. The molecule has 0 aromatic carbocycles. The molecule has 81 valence electrons. The van der Waals surface area contributed by atoms with Crippen molar-refractivity contribution in [2.75, 3.05) is 6.61 Å². The van der Waals surface area contributed by atoms with Crippen LogP contribution in [0.15, 0.2) is 18.3 Å². The number of halogens is 1. The van der Waals surface area contributed by atoms with Crippen LogP contribution in [-0.2, 0) is 0 Å². The molecule has 1 heterocycles. The van der Waals surface area contributed by atoms with Crippen molar-refractivity contribution in [3.05, 3.63) is 28.3 Å². The molecule has 1 aromatic rings. The molecule has 2 rings (SSSR count). The SMILES string of the molecule is Ic1ccc(OCC2CC[CH]CC2)nc1. The van der Waals surface area contributed by atoms with Crippen molar-refractivity contribution in [2.24, 2.45) is 5.92 Å². The van der Waals surface area contributed by atoms with Crippen LogP contribution in [0.1, 0.15) is 25.7 Å². The first kappa shape index (κ1) is 11.2. The van der Waals surface area contributed by atoms with Gasteiger partial charge in [-0.3, -0.25) is 0 Å². The second-order valence-electron chi connectivity index (χ2n) is 3.94. The van der Waals surface area contributed by atoms with Gasteiger partial charge >= 0.3 is 0 Å². The van der Waals surface area contributed by atoms with E-state index in [1.165, 1.54) is 25.7 Å². The Labute approximate surface area is 105 Å². The summed E-state index contributed by atoms with van der Waals surface area (Å²) in [6, 6.07) is 3.97. The fourth-order valence-corrected chi connectivity index (χ4v) is 2.13. The lowest BCUT2D eigenvalue weighted by Gasteiger charge is -2.21. The maximum absolute atomic E-state index is 5.67. The molecule has 1 aliphatic carbocycles. The Balaban J connectivity index is 1.79. The van der Waals surface area contributed by atoms with Crippen LogP contribution in [0.4, 0.5) is 0 Å². The lowest BCUT2D eigenvalue weighted by Crippen LogP contribution is -2.15. The average molecular weight is 316 g/mol. The molecule has 0 N–H and O–H groups in total. The minimum Gasteiger partial charge on any atom is -0.477 e. The van der Waals surface area contributed by atoms with Gasteiger partial charge in [0.05, 0.1) is 6.61 Å². The Morgan fingerprint density at radius 1 is 1.33 bits per heavy atom. The van der Waals surface area contributed by atoms with Gasteiger partial charge in [-0.1, -0.05) is 0 Å². The molecule has 15 heavy (non-hydrogen) atoms. The summed E-state index contributed by atoms with van der Waals surface area (Å²) in [4.78, 5) is 4.23. The first-order valence-corrected chi connectivity index (χ1v) is 6.48. The molecule has 1 radical (unpaired) electrons. The van der Waals surface area contributed by atoms with E-state index < -0.39 is 0 Å². The lowest BCUT2D eigenvalue weighted by atomic mass is 9.90. The molecule has 0 unspecified atom stereocenters. The van der Waals surface area contributed by atoms with Crippen molar-refractivity contribution >= 4 is 22.6 Å². The normalized spacial score (nSPS) is 17.7. The number of nitrogens with zero attached hydrogens (tertiary/aromatic N) is 1. The maximum atomic E-state index is 5.67. The van der Waals surface area contributed by atoms with Gasteiger partial charge in [0.15, 0.2) is 0 Å². The molecule has 1 saturated carbocycles. The van der Waals surface area contributed by atoms with Gasteiger partial charge in [-0.15, -0.1) is 0 Å². The van der Waals surface area contributed by atoms with Gasteiger partial charge in [0.1, 0.15) is 0 Å². The van der Waals surface area contributed by atoms with Gasteiger partial charge in [-0.05, 0) is 66.7 Å².